The minimum atomic E-state index is -0.390. The number of ether oxygens (including phenoxy) is 3. The second-order valence-electron chi connectivity index (χ2n) is 5.33. The summed E-state index contributed by atoms with van der Waals surface area (Å²) in [4.78, 5) is 12.1. The molecule has 0 saturated heterocycles. The van der Waals surface area contributed by atoms with E-state index in [-0.39, 0.29) is 0 Å². The molecule has 0 aliphatic heterocycles. The number of carbonyl (C=O) groups excluding carboxylic acids is 1. The van der Waals surface area contributed by atoms with Crippen LogP contribution in [-0.2, 0) is 4.74 Å². The van der Waals surface area contributed by atoms with Crippen LogP contribution >= 0.6 is 0 Å². The number of hydrogen-bond donors (Lipinski definition) is 0. The minimum Gasteiger partial charge on any atom is -0.497 e. The average Bonchev–Trinajstić information content (AvgIpc) is 2.65. The van der Waals surface area contributed by atoms with Gasteiger partial charge in [-0.2, -0.15) is 0 Å². The van der Waals surface area contributed by atoms with Gasteiger partial charge in [0.05, 0.1) is 26.9 Å². The summed E-state index contributed by atoms with van der Waals surface area (Å²) in [5, 5.41) is 2.14. The molecule has 0 radical (unpaired) electrons. The Kier molecular flexibility index (Phi) is 4.38. The molecule has 0 amide bonds. The Morgan fingerprint density at radius 3 is 2.08 bits per heavy atom. The summed E-state index contributed by atoms with van der Waals surface area (Å²) in [6, 6.07) is 17.3. The average molecular weight is 322 g/mol. The lowest BCUT2D eigenvalue weighted by molar-refractivity contribution is 0.0601. The molecule has 0 aromatic heterocycles. The highest BCUT2D eigenvalue weighted by Crippen LogP contribution is 2.31. The van der Waals surface area contributed by atoms with Crippen molar-refractivity contribution >= 4 is 16.7 Å². The number of methoxy groups -OCH3 is 3. The fourth-order valence-corrected chi connectivity index (χ4v) is 2.70. The van der Waals surface area contributed by atoms with Gasteiger partial charge in [-0.25, -0.2) is 4.79 Å². The summed E-state index contributed by atoms with van der Waals surface area (Å²) >= 11 is 0. The van der Waals surface area contributed by atoms with Crippen LogP contribution in [0.1, 0.15) is 10.4 Å². The Labute approximate surface area is 140 Å². The van der Waals surface area contributed by atoms with Crippen LogP contribution < -0.4 is 9.47 Å². The van der Waals surface area contributed by atoms with Crippen LogP contribution in [0.5, 0.6) is 11.5 Å². The second-order valence-corrected chi connectivity index (χ2v) is 5.33. The van der Waals surface area contributed by atoms with E-state index < -0.39 is 5.97 Å². The van der Waals surface area contributed by atoms with E-state index in [0.29, 0.717) is 11.3 Å². The first-order valence-electron chi connectivity index (χ1n) is 7.51. The Bertz CT molecular complexity index is 899. The molecule has 3 aromatic rings. The lowest BCUT2D eigenvalue weighted by Crippen LogP contribution is -2.04. The number of hydrogen-bond acceptors (Lipinski definition) is 4. The molecule has 122 valence electrons. The van der Waals surface area contributed by atoms with Crippen LogP contribution in [0.25, 0.3) is 21.9 Å². The molecule has 3 rings (SSSR count). The van der Waals surface area contributed by atoms with Crippen LogP contribution in [0, 0.1) is 0 Å². The summed E-state index contributed by atoms with van der Waals surface area (Å²) in [5.41, 5.74) is 2.22. The zero-order valence-electron chi connectivity index (χ0n) is 13.8. The minimum absolute atomic E-state index is 0.390. The lowest BCUT2D eigenvalue weighted by atomic mass is 9.97. The van der Waals surface area contributed by atoms with E-state index in [2.05, 4.69) is 0 Å². The summed E-state index contributed by atoms with van der Waals surface area (Å²) < 4.78 is 15.4. The van der Waals surface area contributed by atoms with E-state index in [1.165, 1.54) is 7.11 Å². The molecule has 0 atom stereocenters. The van der Waals surface area contributed by atoms with Crippen molar-refractivity contribution in [3.05, 3.63) is 60.2 Å². The van der Waals surface area contributed by atoms with Crippen molar-refractivity contribution < 1.29 is 19.0 Å². The largest absolute Gasteiger partial charge is 0.497 e. The van der Waals surface area contributed by atoms with Crippen molar-refractivity contribution in [2.24, 2.45) is 0 Å². The van der Waals surface area contributed by atoms with Crippen LogP contribution in [0.3, 0.4) is 0 Å². The van der Waals surface area contributed by atoms with Crippen LogP contribution in [0.2, 0.25) is 0 Å². The lowest BCUT2D eigenvalue weighted by Gasteiger charge is -2.11. The second kappa shape index (κ2) is 6.62. The quantitative estimate of drug-likeness (QED) is 0.671. The van der Waals surface area contributed by atoms with Crippen molar-refractivity contribution in [1.29, 1.82) is 0 Å². The van der Waals surface area contributed by atoms with E-state index >= 15 is 0 Å². The van der Waals surface area contributed by atoms with Gasteiger partial charge in [0.25, 0.3) is 0 Å². The zero-order chi connectivity index (χ0) is 17.1. The highest BCUT2D eigenvalue weighted by Gasteiger charge is 2.15. The normalized spacial score (nSPS) is 10.5. The molecule has 0 saturated carbocycles. The first-order chi connectivity index (χ1) is 11.7. The maximum absolute atomic E-state index is 12.1. The van der Waals surface area contributed by atoms with Gasteiger partial charge in [-0.3, -0.25) is 0 Å². The van der Waals surface area contributed by atoms with Gasteiger partial charge in [-0.1, -0.05) is 18.2 Å². The first kappa shape index (κ1) is 15.9. The summed E-state index contributed by atoms with van der Waals surface area (Å²) in [5.74, 6) is 1.04. The molecule has 0 fully saturated rings. The van der Waals surface area contributed by atoms with E-state index in [1.807, 2.05) is 48.5 Å². The molecule has 4 heteroatoms. The fourth-order valence-electron chi connectivity index (χ4n) is 2.70. The van der Waals surface area contributed by atoms with Crippen molar-refractivity contribution in [1.82, 2.24) is 0 Å². The standard InChI is InChI=1S/C20H18O4/c1-22-16-7-6-13-10-15(5-4-14(13)11-16)18-9-8-17(23-2)12-19(18)20(21)24-3/h4-12H,1-3H3. The van der Waals surface area contributed by atoms with E-state index in [0.717, 1.165) is 27.6 Å². The van der Waals surface area contributed by atoms with Gasteiger partial charge in [0, 0.05) is 0 Å². The van der Waals surface area contributed by atoms with Gasteiger partial charge in [0.15, 0.2) is 0 Å². The van der Waals surface area contributed by atoms with Gasteiger partial charge in [0.1, 0.15) is 11.5 Å². The predicted molar refractivity (Wildman–Crippen MR) is 93.8 cm³/mol. The molecular weight excluding hydrogens is 304 g/mol. The van der Waals surface area contributed by atoms with E-state index in [4.69, 9.17) is 14.2 Å². The summed E-state index contributed by atoms with van der Waals surface area (Å²) in [6.07, 6.45) is 0. The maximum atomic E-state index is 12.1. The van der Waals surface area contributed by atoms with E-state index in [9.17, 15) is 4.79 Å². The molecule has 24 heavy (non-hydrogen) atoms. The first-order valence-corrected chi connectivity index (χ1v) is 7.51. The van der Waals surface area contributed by atoms with Crippen LogP contribution in [0.15, 0.2) is 54.6 Å². The number of rotatable bonds is 4. The van der Waals surface area contributed by atoms with Gasteiger partial charge >= 0.3 is 5.97 Å². The third-order valence-corrected chi connectivity index (χ3v) is 3.99. The van der Waals surface area contributed by atoms with Crippen molar-refractivity contribution in [2.75, 3.05) is 21.3 Å². The van der Waals surface area contributed by atoms with E-state index in [1.54, 1.807) is 20.3 Å². The summed E-state index contributed by atoms with van der Waals surface area (Å²) in [6.45, 7) is 0. The molecule has 0 heterocycles. The Balaban J connectivity index is 2.14. The third-order valence-electron chi connectivity index (χ3n) is 3.99. The number of fused-ring (bicyclic) bond motifs is 1. The summed E-state index contributed by atoms with van der Waals surface area (Å²) in [7, 11) is 4.59. The molecule has 0 aliphatic carbocycles. The Morgan fingerprint density at radius 1 is 0.750 bits per heavy atom. The molecule has 0 spiro atoms. The fraction of sp³-hybridized carbons (Fsp3) is 0.150. The Hall–Kier alpha value is -3.01. The van der Waals surface area contributed by atoms with Crippen LogP contribution in [0.4, 0.5) is 0 Å². The number of benzene rings is 3. The highest BCUT2D eigenvalue weighted by atomic mass is 16.5. The third kappa shape index (κ3) is 2.91. The SMILES string of the molecule is COC(=O)c1cc(OC)ccc1-c1ccc2cc(OC)ccc2c1. The molecular formula is C20H18O4. The molecule has 3 aromatic carbocycles. The molecule has 0 aliphatic rings. The monoisotopic (exact) mass is 322 g/mol. The highest BCUT2D eigenvalue weighted by molar-refractivity contribution is 5.99. The Morgan fingerprint density at radius 2 is 1.38 bits per heavy atom. The van der Waals surface area contributed by atoms with Gasteiger partial charge < -0.3 is 14.2 Å². The van der Waals surface area contributed by atoms with Gasteiger partial charge in [-0.05, 0) is 58.3 Å². The van der Waals surface area contributed by atoms with Gasteiger partial charge in [-0.15, -0.1) is 0 Å². The predicted octanol–water partition coefficient (Wildman–Crippen LogP) is 4.31. The van der Waals surface area contributed by atoms with Crippen LogP contribution in [-0.4, -0.2) is 27.3 Å². The topological polar surface area (TPSA) is 44.8 Å². The molecule has 4 nitrogen and oxygen atoms in total. The molecule has 0 N–H and O–H groups in total. The van der Waals surface area contributed by atoms with Crippen molar-refractivity contribution in [3.8, 4) is 22.6 Å². The number of carbonyl (C=O) groups is 1. The maximum Gasteiger partial charge on any atom is 0.338 e. The molecule has 0 unspecified atom stereocenters. The van der Waals surface area contributed by atoms with Gasteiger partial charge in [0.2, 0.25) is 0 Å². The zero-order valence-corrected chi connectivity index (χ0v) is 13.8. The number of esters is 1. The van der Waals surface area contributed by atoms with Crippen molar-refractivity contribution in [2.45, 2.75) is 0 Å². The van der Waals surface area contributed by atoms with Crippen molar-refractivity contribution in [3.63, 3.8) is 0 Å². The molecule has 0 bridgehead atoms. The smallest absolute Gasteiger partial charge is 0.338 e.